The normalized spacial score (nSPS) is 18.1. The van der Waals surface area contributed by atoms with Gasteiger partial charge < -0.3 is 10.2 Å². The van der Waals surface area contributed by atoms with Crippen molar-refractivity contribution in [3.05, 3.63) is 0 Å². The Kier molecular flexibility index (Phi) is 7.41. The van der Waals surface area contributed by atoms with Crippen LogP contribution in [-0.4, -0.2) is 22.2 Å². The molecule has 0 rings (SSSR count). The molecule has 0 aliphatic carbocycles. The standard InChI is InChI=1S/C17H32O4/c1-10(2)8-11(3)13(15(18)19)14(16(20)21)12(4)9-17(5,6)7/h10-14H,8-9H2,1-7H3,(H,18,19)(H,20,21). The molecule has 0 fully saturated rings. The van der Waals surface area contributed by atoms with Crippen LogP contribution in [0.1, 0.15) is 61.3 Å². The second kappa shape index (κ2) is 7.81. The minimum atomic E-state index is -0.991. The quantitative estimate of drug-likeness (QED) is 0.706. The zero-order valence-electron chi connectivity index (χ0n) is 14.5. The molecule has 4 unspecified atom stereocenters. The van der Waals surface area contributed by atoms with Gasteiger partial charge in [-0.15, -0.1) is 0 Å². The zero-order chi connectivity index (χ0) is 17.0. The average molecular weight is 300 g/mol. The first-order valence-corrected chi connectivity index (χ1v) is 7.82. The van der Waals surface area contributed by atoms with Crippen molar-refractivity contribution in [1.29, 1.82) is 0 Å². The maximum Gasteiger partial charge on any atom is 0.307 e. The zero-order valence-corrected chi connectivity index (χ0v) is 14.5. The number of carboxylic acid groups (broad SMARTS) is 2. The third-order valence-corrected chi connectivity index (χ3v) is 3.96. The minimum Gasteiger partial charge on any atom is -0.481 e. The van der Waals surface area contributed by atoms with E-state index in [4.69, 9.17) is 0 Å². The van der Waals surface area contributed by atoms with Crippen molar-refractivity contribution < 1.29 is 19.8 Å². The molecule has 0 aliphatic heterocycles. The third-order valence-electron chi connectivity index (χ3n) is 3.96. The van der Waals surface area contributed by atoms with Crippen molar-refractivity contribution >= 4 is 11.9 Å². The summed E-state index contributed by atoms with van der Waals surface area (Å²) in [7, 11) is 0. The molecule has 0 spiro atoms. The molecular weight excluding hydrogens is 268 g/mol. The molecule has 21 heavy (non-hydrogen) atoms. The Bertz CT molecular complexity index is 354. The Labute approximate surface area is 128 Å². The molecule has 4 heteroatoms. The average Bonchev–Trinajstić information content (AvgIpc) is 2.19. The highest BCUT2D eigenvalue weighted by atomic mass is 16.4. The van der Waals surface area contributed by atoms with E-state index in [0.29, 0.717) is 12.3 Å². The third kappa shape index (κ3) is 6.96. The molecule has 0 heterocycles. The summed E-state index contributed by atoms with van der Waals surface area (Å²) in [5.41, 5.74) is -0.0164. The lowest BCUT2D eigenvalue weighted by Crippen LogP contribution is -2.39. The van der Waals surface area contributed by atoms with Crippen LogP contribution in [0.4, 0.5) is 0 Å². The van der Waals surface area contributed by atoms with Gasteiger partial charge in [0.2, 0.25) is 0 Å². The van der Waals surface area contributed by atoms with Crippen LogP contribution >= 0.6 is 0 Å². The van der Waals surface area contributed by atoms with E-state index in [2.05, 4.69) is 20.8 Å². The lowest BCUT2D eigenvalue weighted by Gasteiger charge is -2.33. The summed E-state index contributed by atoms with van der Waals surface area (Å²) in [4.78, 5) is 23.4. The lowest BCUT2D eigenvalue weighted by molar-refractivity contribution is -0.159. The van der Waals surface area contributed by atoms with E-state index in [0.717, 1.165) is 6.42 Å². The van der Waals surface area contributed by atoms with Crippen molar-refractivity contribution in [3.63, 3.8) is 0 Å². The van der Waals surface area contributed by atoms with Crippen LogP contribution in [0.15, 0.2) is 0 Å². The lowest BCUT2D eigenvalue weighted by atomic mass is 9.70. The molecule has 0 aliphatic rings. The highest BCUT2D eigenvalue weighted by Gasteiger charge is 2.41. The molecule has 4 atom stereocenters. The second-order valence-electron chi connectivity index (χ2n) is 8.08. The molecule has 0 aromatic rings. The van der Waals surface area contributed by atoms with Gasteiger partial charge in [0.25, 0.3) is 0 Å². The highest BCUT2D eigenvalue weighted by molar-refractivity contribution is 5.80. The molecule has 0 amide bonds. The van der Waals surface area contributed by atoms with Gasteiger partial charge in [-0.05, 0) is 36.0 Å². The van der Waals surface area contributed by atoms with E-state index in [1.54, 1.807) is 0 Å². The van der Waals surface area contributed by atoms with Crippen LogP contribution < -0.4 is 0 Å². The van der Waals surface area contributed by atoms with Crippen LogP contribution in [0.25, 0.3) is 0 Å². The molecule has 124 valence electrons. The fourth-order valence-electron chi connectivity index (χ4n) is 3.48. The van der Waals surface area contributed by atoms with Crippen LogP contribution in [0, 0.1) is 35.0 Å². The minimum absolute atomic E-state index is 0.0164. The number of hydrogen-bond donors (Lipinski definition) is 2. The molecule has 0 aromatic carbocycles. The Balaban J connectivity index is 5.35. The first kappa shape index (κ1) is 19.9. The molecule has 0 aromatic heterocycles. The maximum atomic E-state index is 11.7. The number of hydrogen-bond acceptors (Lipinski definition) is 2. The molecular formula is C17H32O4. The van der Waals surface area contributed by atoms with Crippen molar-refractivity contribution in [3.8, 4) is 0 Å². The van der Waals surface area contributed by atoms with Gasteiger partial charge in [-0.1, -0.05) is 48.5 Å². The van der Waals surface area contributed by atoms with Gasteiger partial charge >= 0.3 is 11.9 Å². The number of carbonyl (C=O) groups is 2. The fourth-order valence-corrected chi connectivity index (χ4v) is 3.48. The Morgan fingerprint density at radius 2 is 1.24 bits per heavy atom. The first-order chi connectivity index (χ1) is 9.36. The first-order valence-electron chi connectivity index (χ1n) is 7.82. The predicted octanol–water partition coefficient (Wildman–Crippen LogP) is 4.14. The van der Waals surface area contributed by atoms with E-state index in [9.17, 15) is 19.8 Å². The largest absolute Gasteiger partial charge is 0.481 e. The summed E-state index contributed by atoms with van der Waals surface area (Å²) in [5.74, 6) is -3.61. The van der Waals surface area contributed by atoms with Crippen LogP contribution in [0.2, 0.25) is 0 Å². The van der Waals surface area contributed by atoms with E-state index < -0.39 is 23.8 Å². The summed E-state index contributed by atoms with van der Waals surface area (Å²) in [5, 5.41) is 19.1. The monoisotopic (exact) mass is 300 g/mol. The van der Waals surface area contributed by atoms with Gasteiger partial charge in [-0.3, -0.25) is 9.59 Å². The topological polar surface area (TPSA) is 74.6 Å². The SMILES string of the molecule is CC(C)CC(C)C(C(=O)O)C(C(=O)O)C(C)CC(C)(C)C. The molecule has 2 N–H and O–H groups in total. The van der Waals surface area contributed by atoms with Crippen molar-refractivity contribution in [2.24, 2.45) is 35.0 Å². The summed E-state index contributed by atoms with van der Waals surface area (Å²) in [6.07, 6.45) is 1.42. The Morgan fingerprint density at radius 3 is 1.52 bits per heavy atom. The molecule has 0 saturated carbocycles. The van der Waals surface area contributed by atoms with Crippen molar-refractivity contribution in [1.82, 2.24) is 0 Å². The number of rotatable bonds is 8. The molecule has 0 bridgehead atoms. The van der Waals surface area contributed by atoms with Gasteiger partial charge in [0.15, 0.2) is 0 Å². The summed E-state index contributed by atoms with van der Waals surface area (Å²) >= 11 is 0. The second-order valence-corrected chi connectivity index (χ2v) is 8.08. The summed E-state index contributed by atoms with van der Waals surface area (Å²) in [6, 6.07) is 0. The van der Waals surface area contributed by atoms with Gasteiger partial charge in [-0.2, -0.15) is 0 Å². The Hall–Kier alpha value is -1.06. The maximum absolute atomic E-state index is 11.7. The van der Waals surface area contributed by atoms with Crippen LogP contribution in [0.5, 0.6) is 0 Å². The molecule has 4 nitrogen and oxygen atoms in total. The smallest absolute Gasteiger partial charge is 0.307 e. The highest BCUT2D eigenvalue weighted by Crippen LogP contribution is 2.37. The van der Waals surface area contributed by atoms with E-state index >= 15 is 0 Å². The molecule has 0 saturated heterocycles. The fraction of sp³-hybridized carbons (Fsp3) is 0.882. The van der Waals surface area contributed by atoms with Gasteiger partial charge in [0.05, 0.1) is 11.8 Å². The van der Waals surface area contributed by atoms with Gasteiger partial charge in [0, 0.05) is 0 Å². The van der Waals surface area contributed by atoms with Crippen LogP contribution in [0.3, 0.4) is 0 Å². The number of carboxylic acids is 2. The van der Waals surface area contributed by atoms with E-state index in [1.807, 2.05) is 27.7 Å². The van der Waals surface area contributed by atoms with E-state index in [-0.39, 0.29) is 17.3 Å². The number of aliphatic carboxylic acids is 2. The van der Waals surface area contributed by atoms with Crippen molar-refractivity contribution in [2.45, 2.75) is 61.3 Å². The Morgan fingerprint density at radius 1 is 0.857 bits per heavy atom. The van der Waals surface area contributed by atoms with Crippen LogP contribution in [-0.2, 0) is 9.59 Å². The van der Waals surface area contributed by atoms with E-state index in [1.165, 1.54) is 0 Å². The van der Waals surface area contributed by atoms with Crippen molar-refractivity contribution in [2.75, 3.05) is 0 Å². The molecule has 0 radical (unpaired) electrons. The predicted molar refractivity (Wildman–Crippen MR) is 84.1 cm³/mol. The summed E-state index contributed by atoms with van der Waals surface area (Å²) in [6.45, 7) is 13.9. The van der Waals surface area contributed by atoms with Gasteiger partial charge in [0.1, 0.15) is 0 Å². The summed E-state index contributed by atoms with van der Waals surface area (Å²) < 4.78 is 0. The van der Waals surface area contributed by atoms with Gasteiger partial charge in [-0.25, -0.2) is 0 Å².